The van der Waals surface area contributed by atoms with E-state index >= 15 is 0 Å². The van der Waals surface area contributed by atoms with Gasteiger partial charge in [0.1, 0.15) is 5.75 Å². The molecule has 0 bridgehead atoms. The molecule has 0 spiro atoms. The Kier molecular flexibility index (Phi) is 6.69. The highest BCUT2D eigenvalue weighted by Gasteiger charge is 2.24. The Morgan fingerprint density at radius 2 is 1.75 bits per heavy atom. The first-order chi connectivity index (χ1) is 9.30. The molecular formula is C14H23O5P. The fourth-order valence-electron chi connectivity index (χ4n) is 1.45. The Bertz CT molecular complexity index is 441. The van der Waals surface area contributed by atoms with E-state index in [0.717, 1.165) is 12.0 Å². The van der Waals surface area contributed by atoms with E-state index in [9.17, 15) is 9.46 Å². The Morgan fingerprint density at radius 1 is 1.15 bits per heavy atom. The molecule has 0 aliphatic rings. The molecule has 0 radical (unpaired) electrons. The predicted molar refractivity (Wildman–Crippen MR) is 77.5 cm³/mol. The summed E-state index contributed by atoms with van der Waals surface area (Å²) in [5.41, 5.74) is 1.12. The Labute approximate surface area is 120 Å². The lowest BCUT2D eigenvalue weighted by molar-refractivity contribution is -0.222. The minimum Gasteiger partial charge on any atom is -0.403 e. The second-order valence-electron chi connectivity index (χ2n) is 5.36. The molecule has 1 rings (SSSR count). The maximum atomic E-state index is 11.6. The Balaban J connectivity index is 2.47. The van der Waals surface area contributed by atoms with Crippen molar-refractivity contribution in [2.75, 3.05) is 6.61 Å². The topological polar surface area (TPSA) is 65.0 Å². The van der Waals surface area contributed by atoms with Crippen molar-refractivity contribution in [1.82, 2.24) is 0 Å². The van der Waals surface area contributed by atoms with Crippen molar-refractivity contribution in [3.63, 3.8) is 0 Å². The minimum atomic E-state index is -4.24. The molecule has 1 unspecified atom stereocenters. The van der Waals surface area contributed by atoms with Crippen LogP contribution in [0.4, 0.5) is 0 Å². The van der Waals surface area contributed by atoms with Gasteiger partial charge in [0.25, 0.3) is 0 Å². The minimum absolute atomic E-state index is 0.248. The van der Waals surface area contributed by atoms with Gasteiger partial charge in [-0.2, -0.15) is 0 Å². The smallest absolute Gasteiger partial charge is 0.403 e. The lowest BCUT2D eigenvalue weighted by Gasteiger charge is -2.13. The number of rotatable bonds is 8. The molecule has 6 heteroatoms. The standard InChI is InChI=1S/C14H23O5P/c1-11(2)9-10-17-19-20(15,16)18-14-7-5-13(6-8-14)12(3)4/h5-8,11-12H,9-10H2,1-4H3,(H,15,16). The largest absolute Gasteiger partial charge is 0.555 e. The molecule has 0 aliphatic carbocycles. The van der Waals surface area contributed by atoms with Crippen LogP contribution in [0.5, 0.6) is 5.75 Å². The van der Waals surface area contributed by atoms with Gasteiger partial charge in [-0.25, -0.2) is 9.45 Å². The SMILES string of the molecule is CC(C)CCOOP(=O)(O)Oc1ccc(C(C)C)cc1. The summed E-state index contributed by atoms with van der Waals surface area (Å²) in [6.45, 7) is 8.43. The van der Waals surface area contributed by atoms with Gasteiger partial charge in [-0.1, -0.05) is 39.8 Å². The summed E-state index contributed by atoms with van der Waals surface area (Å²) in [4.78, 5) is 14.2. The van der Waals surface area contributed by atoms with Crippen molar-refractivity contribution in [3.05, 3.63) is 29.8 Å². The maximum Gasteiger partial charge on any atom is 0.555 e. The monoisotopic (exact) mass is 302 g/mol. The molecule has 1 atom stereocenters. The molecule has 114 valence electrons. The molecule has 1 N–H and O–H groups in total. The zero-order valence-corrected chi connectivity index (χ0v) is 13.3. The molecule has 1 aromatic carbocycles. The van der Waals surface area contributed by atoms with E-state index in [1.54, 1.807) is 12.1 Å². The molecule has 0 amide bonds. The summed E-state index contributed by atoms with van der Waals surface area (Å²) in [7, 11) is -4.24. The Hall–Kier alpha value is -0.870. The lowest BCUT2D eigenvalue weighted by atomic mass is 10.0. The zero-order valence-electron chi connectivity index (χ0n) is 12.4. The average Bonchev–Trinajstić information content (AvgIpc) is 2.34. The molecule has 20 heavy (non-hydrogen) atoms. The fraction of sp³-hybridized carbons (Fsp3) is 0.571. The first kappa shape index (κ1) is 17.2. The van der Waals surface area contributed by atoms with Crippen LogP contribution >= 0.6 is 7.82 Å². The van der Waals surface area contributed by atoms with E-state index in [0.29, 0.717) is 11.8 Å². The average molecular weight is 302 g/mol. The van der Waals surface area contributed by atoms with Crippen molar-refractivity contribution in [1.29, 1.82) is 0 Å². The van der Waals surface area contributed by atoms with Gasteiger partial charge in [-0.15, -0.1) is 4.67 Å². The van der Waals surface area contributed by atoms with Gasteiger partial charge in [-0.3, -0.25) is 4.89 Å². The van der Waals surface area contributed by atoms with Crippen LogP contribution in [0.25, 0.3) is 0 Å². The van der Waals surface area contributed by atoms with Crippen LogP contribution in [0.15, 0.2) is 24.3 Å². The molecule has 0 heterocycles. The maximum absolute atomic E-state index is 11.6. The van der Waals surface area contributed by atoms with Crippen LogP contribution in [-0.4, -0.2) is 11.5 Å². The van der Waals surface area contributed by atoms with Crippen molar-refractivity contribution in [2.45, 2.75) is 40.0 Å². The number of hydrogen-bond acceptors (Lipinski definition) is 4. The van der Waals surface area contributed by atoms with Gasteiger partial charge < -0.3 is 4.52 Å². The van der Waals surface area contributed by atoms with E-state index < -0.39 is 7.82 Å². The second-order valence-corrected chi connectivity index (χ2v) is 6.63. The fourth-order valence-corrected chi connectivity index (χ4v) is 2.08. The molecule has 0 saturated heterocycles. The predicted octanol–water partition coefficient (Wildman–Crippen LogP) is 4.28. The number of hydrogen-bond donors (Lipinski definition) is 1. The third-order valence-corrected chi connectivity index (χ3v) is 3.43. The van der Waals surface area contributed by atoms with Crippen LogP contribution in [0.1, 0.15) is 45.6 Å². The molecule has 0 aromatic heterocycles. The third-order valence-electron chi connectivity index (χ3n) is 2.69. The van der Waals surface area contributed by atoms with Gasteiger partial charge >= 0.3 is 7.82 Å². The van der Waals surface area contributed by atoms with E-state index in [1.165, 1.54) is 0 Å². The van der Waals surface area contributed by atoms with Crippen molar-refractivity contribution in [2.24, 2.45) is 5.92 Å². The third kappa shape index (κ3) is 6.53. The van der Waals surface area contributed by atoms with Gasteiger partial charge in [0.2, 0.25) is 0 Å². The highest BCUT2D eigenvalue weighted by Crippen LogP contribution is 2.44. The normalized spacial score (nSPS) is 14.6. The Morgan fingerprint density at radius 3 is 2.25 bits per heavy atom. The first-order valence-corrected chi connectivity index (χ1v) is 8.23. The van der Waals surface area contributed by atoms with Gasteiger partial charge in [0.05, 0.1) is 6.61 Å². The highest BCUT2D eigenvalue weighted by molar-refractivity contribution is 7.47. The number of phosphoric ester groups is 1. The van der Waals surface area contributed by atoms with Crippen molar-refractivity contribution < 1.29 is 23.5 Å². The van der Waals surface area contributed by atoms with Crippen LogP contribution in [-0.2, 0) is 14.1 Å². The molecule has 0 saturated carbocycles. The van der Waals surface area contributed by atoms with E-state index in [-0.39, 0.29) is 12.4 Å². The van der Waals surface area contributed by atoms with Gasteiger partial charge in [0, 0.05) is 0 Å². The van der Waals surface area contributed by atoms with Gasteiger partial charge in [-0.05, 0) is 36.0 Å². The lowest BCUT2D eigenvalue weighted by Crippen LogP contribution is -2.02. The quantitative estimate of drug-likeness (QED) is 0.336. The molecule has 0 aliphatic heterocycles. The summed E-state index contributed by atoms with van der Waals surface area (Å²) in [6.07, 6.45) is 0.739. The van der Waals surface area contributed by atoms with E-state index in [2.05, 4.69) is 18.5 Å². The molecule has 5 nitrogen and oxygen atoms in total. The van der Waals surface area contributed by atoms with Crippen molar-refractivity contribution in [3.8, 4) is 5.75 Å². The van der Waals surface area contributed by atoms with Crippen LogP contribution in [0, 0.1) is 5.92 Å². The summed E-state index contributed by atoms with van der Waals surface area (Å²) >= 11 is 0. The number of benzene rings is 1. The van der Waals surface area contributed by atoms with E-state index in [1.807, 2.05) is 26.0 Å². The summed E-state index contributed by atoms with van der Waals surface area (Å²) in [5.74, 6) is 1.09. The zero-order chi connectivity index (χ0) is 15.2. The van der Waals surface area contributed by atoms with Crippen molar-refractivity contribution >= 4 is 7.82 Å². The van der Waals surface area contributed by atoms with Crippen LogP contribution in [0.3, 0.4) is 0 Å². The highest BCUT2D eigenvalue weighted by atomic mass is 31.2. The van der Waals surface area contributed by atoms with Gasteiger partial charge in [0.15, 0.2) is 0 Å². The van der Waals surface area contributed by atoms with Crippen LogP contribution in [0.2, 0.25) is 0 Å². The second kappa shape index (κ2) is 7.79. The summed E-state index contributed by atoms with van der Waals surface area (Å²) in [6, 6.07) is 6.96. The van der Waals surface area contributed by atoms with E-state index in [4.69, 9.17) is 9.41 Å². The molecule has 0 fully saturated rings. The molecule has 1 aromatic rings. The summed E-state index contributed by atoms with van der Waals surface area (Å²) in [5, 5.41) is 0. The van der Waals surface area contributed by atoms with Crippen LogP contribution < -0.4 is 4.52 Å². The number of phosphoric acid groups is 1. The first-order valence-electron chi connectivity index (χ1n) is 6.73. The molecular weight excluding hydrogens is 279 g/mol. The summed E-state index contributed by atoms with van der Waals surface area (Å²) < 4.78 is 21.0.